The van der Waals surface area contributed by atoms with E-state index in [-0.39, 0.29) is 17.7 Å². The molecule has 27 heavy (non-hydrogen) atoms. The zero-order valence-electron chi connectivity index (χ0n) is 14.6. The van der Waals surface area contributed by atoms with E-state index in [1.807, 2.05) is 18.0 Å². The van der Waals surface area contributed by atoms with Crippen LogP contribution in [-0.4, -0.2) is 49.2 Å². The van der Waals surface area contributed by atoms with Crippen molar-refractivity contribution in [3.05, 3.63) is 29.9 Å². The fourth-order valence-electron chi connectivity index (χ4n) is 3.48. The Morgan fingerprint density at radius 3 is 2.74 bits per heavy atom. The number of nitrogens with zero attached hydrogens (tertiary/aromatic N) is 3. The van der Waals surface area contributed by atoms with Crippen LogP contribution >= 0.6 is 0 Å². The van der Waals surface area contributed by atoms with Gasteiger partial charge in [0.15, 0.2) is 9.84 Å². The van der Waals surface area contributed by atoms with Crippen LogP contribution in [0.5, 0.6) is 0 Å². The zero-order valence-corrected chi connectivity index (χ0v) is 15.4. The quantitative estimate of drug-likeness (QED) is 0.751. The molecule has 146 valence electrons. The lowest BCUT2D eigenvalue weighted by atomic mass is 9.80. The Bertz CT molecular complexity index is 972. The first kappa shape index (κ1) is 19.5. The molecule has 6 nitrogen and oxygen atoms in total. The molecule has 0 bridgehead atoms. The summed E-state index contributed by atoms with van der Waals surface area (Å²) in [6.45, 7) is 7.35. The Labute approximate surface area is 155 Å². The molecule has 0 saturated heterocycles. The topological polar surface area (TPSA) is 70.4 Å². The van der Waals surface area contributed by atoms with Gasteiger partial charge in [0.25, 0.3) is 0 Å². The highest BCUT2D eigenvalue weighted by molar-refractivity contribution is 7.91. The van der Waals surface area contributed by atoms with Crippen LogP contribution in [0.2, 0.25) is 0 Å². The molecule has 3 rings (SSSR count). The average molecular weight is 400 g/mol. The molecule has 2 aromatic rings. The number of aromatic amines is 1. The van der Waals surface area contributed by atoms with Crippen molar-refractivity contribution in [1.29, 1.82) is 0 Å². The molecule has 1 saturated carbocycles. The van der Waals surface area contributed by atoms with Crippen LogP contribution < -0.4 is 4.90 Å². The smallest absolute Gasteiger partial charge is 0.380 e. The van der Waals surface area contributed by atoms with Crippen molar-refractivity contribution in [2.45, 2.75) is 31.5 Å². The number of rotatable bonds is 6. The fourth-order valence-corrected chi connectivity index (χ4v) is 5.18. The third-order valence-electron chi connectivity index (χ3n) is 4.96. The van der Waals surface area contributed by atoms with Crippen LogP contribution in [0.3, 0.4) is 0 Å². The Morgan fingerprint density at radius 2 is 2.11 bits per heavy atom. The van der Waals surface area contributed by atoms with E-state index >= 15 is 0 Å². The molecule has 1 fully saturated rings. The highest BCUT2D eigenvalue weighted by Crippen LogP contribution is 2.41. The summed E-state index contributed by atoms with van der Waals surface area (Å²) >= 11 is 0. The molecule has 0 radical (unpaired) electrons. The lowest BCUT2D eigenvalue weighted by molar-refractivity contribution is -0.129. The molecule has 1 N–H and O–H groups in total. The molecule has 2 heterocycles. The van der Waals surface area contributed by atoms with E-state index in [2.05, 4.69) is 14.8 Å². The van der Waals surface area contributed by atoms with Gasteiger partial charge in [0, 0.05) is 30.9 Å². The maximum Gasteiger partial charge on any atom is 0.390 e. The molecule has 0 aliphatic heterocycles. The van der Waals surface area contributed by atoms with E-state index in [0.717, 1.165) is 11.1 Å². The molecular formula is C17H19F3N4O2S. The molecule has 0 spiro atoms. The predicted molar refractivity (Wildman–Crippen MR) is 96.6 cm³/mol. The minimum atomic E-state index is -4.46. The summed E-state index contributed by atoms with van der Waals surface area (Å²) in [4.78, 5) is 12.7. The predicted octanol–water partition coefficient (Wildman–Crippen LogP) is 3.70. The van der Waals surface area contributed by atoms with Gasteiger partial charge in [-0.25, -0.2) is 13.3 Å². The van der Waals surface area contributed by atoms with E-state index in [1.165, 1.54) is 6.20 Å². The standard InChI is InChI=1S/C17H19F3N4O2S/c1-21-14-9-23-16-13(3-5-22-16)15(14)24(2)12-7-11(8-12)10-27(25,26)6-4-17(18,19)20/h3,5,9,11-12H,4,6-8,10H2,2H3,(H,22,23). The highest BCUT2D eigenvalue weighted by atomic mass is 32.2. The monoisotopic (exact) mass is 400 g/mol. The first-order valence-corrected chi connectivity index (χ1v) is 10.3. The molecular weight excluding hydrogens is 381 g/mol. The van der Waals surface area contributed by atoms with Gasteiger partial charge in [0.1, 0.15) is 5.65 Å². The Morgan fingerprint density at radius 1 is 1.41 bits per heavy atom. The normalized spacial score (nSPS) is 20.3. The van der Waals surface area contributed by atoms with Gasteiger partial charge in [0.05, 0.1) is 30.2 Å². The number of nitrogens with one attached hydrogen (secondary N) is 1. The summed E-state index contributed by atoms with van der Waals surface area (Å²) in [5.41, 5.74) is 1.81. The molecule has 0 atom stereocenters. The average Bonchev–Trinajstić information content (AvgIpc) is 3.02. The maximum absolute atomic E-state index is 12.2. The van der Waals surface area contributed by atoms with E-state index in [9.17, 15) is 21.6 Å². The second-order valence-electron chi connectivity index (χ2n) is 6.93. The second kappa shape index (κ2) is 7.03. The van der Waals surface area contributed by atoms with Crippen molar-refractivity contribution in [3.63, 3.8) is 0 Å². The van der Waals surface area contributed by atoms with Crippen LogP contribution in [0.15, 0.2) is 18.5 Å². The van der Waals surface area contributed by atoms with Crippen LogP contribution in [-0.2, 0) is 9.84 Å². The fraction of sp³-hybridized carbons (Fsp3) is 0.529. The third kappa shape index (κ3) is 4.35. The van der Waals surface area contributed by atoms with Crippen LogP contribution in [0.1, 0.15) is 19.3 Å². The number of anilines is 1. The summed E-state index contributed by atoms with van der Waals surface area (Å²) in [6, 6.07) is 1.87. The Kier molecular flexibility index (Phi) is 5.08. The number of hydrogen-bond donors (Lipinski definition) is 1. The van der Waals surface area contributed by atoms with Crippen molar-refractivity contribution in [3.8, 4) is 0 Å². The lowest BCUT2D eigenvalue weighted by Crippen LogP contribution is -2.45. The number of H-pyrrole nitrogens is 1. The number of fused-ring (bicyclic) bond motifs is 1. The van der Waals surface area contributed by atoms with Gasteiger partial charge in [-0.05, 0) is 24.8 Å². The van der Waals surface area contributed by atoms with E-state index in [1.54, 1.807) is 6.20 Å². The summed E-state index contributed by atoms with van der Waals surface area (Å²) in [5.74, 6) is -1.24. The summed E-state index contributed by atoms with van der Waals surface area (Å²) < 4.78 is 60.5. The van der Waals surface area contributed by atoms with Crippen LogP contribution in [0.25, 0.3) is 15.9 Å². The van der Waals surface area contributed by atoms with E-state index in [4.69, 9.17) is 6.57 Å². The third-order valence-corrected chi connectivity index (χ3v) is 6.76. The minimum absolute atomic E-state index is 0.0359. The summed E-state index contributed by atoms with van der Waals surface area (Å²) in [6.07, 6.45) is -1.41. The first-order valence-electron chi connectivity index (χ1n) is 8.43. The summed E-state index contributed by atoms with van der Waals surface area (Å²) in [7, 11) is -1.89. The molecule has 0 unspecified atom stereocenters. The van der Waals surface area contributed by atoms with Gasteiger partial charge < -0.3 is 9.88 Å². The van der Waals surface area contributed by atoms with Gasteiger partial charge >= 0.3 is 6.18 Å². The molecule has 0 aromatic carbocycles. The van der Waals surface area contributed by atoms with Gasteiger partial charge in [-0.1, -0.05) is 0 Å². The highest BCUT2D eigenvalue weighted by Gasteiger charge is 2.37. The maximum atomic E-state index is 12.2. The lowest BCUT2D eigenvalue weighted by Gasteiger charge is -2.42. The molecule has 2 aromatic heterocycles. The summed E-state index contributed by atoms with van der Waals surface area (Å²) in [5, 5.41) is 0.812. The molecule has 1 aliphatic rings. The van der Waals surface area contributed by atoms with Crippen molar-refractivity contribution in [2.24, 2.45) is 5.92 Å². The zero-order chi connectivity index (χ0) is 19.8. The van der Waals surface area contributed by atoms with Gasteiger partial charge in [-0.3, -0.25) is 4.98 Å². The SMILES string of the molecule is [C-]#[N+]c1cnc2[nH]ccc2c1N(C)C1CC(CS(=O)(=O)CCC(F)(F)F)C1. The minimum Gasteiger partial charge on any atom is -0.380 e. The first-order chi connectivity index (χ1) is 12.6. The van der Waals surface area contributed by atoms with Crippen molar-refractivity contribution < 1.29 is 21.6 Å². The number of halogens is 3. The number of aromatic nitrogens is 2. The van der Waals surface area contributed by atoms with Crippen LogP contribution in [0.4, 0.5) is 24.5 Å². The number of hydrogen-bond acceptors (Lipinski definition) is 4. The number of sulfone groups is 1. The van der Waals surface area contributed by atoms with Crippen LogP contribution in [0, 0.1) is 12.5 Å². The molecule has 10 heteroatoms. The van der Waals surface area contributed by atoms with E-state index < -0.39 is 28.2 Å². The Balaban J connectivity index is 1.65. The number of pyridine rings is 1. The van der Waals surface area contributed by atoms with Crippen molar-refractivity contribution >= 4 is 32.2 Å². The van der Waals surface area contributed by atoms with Gasteiger partial charge in [0.2, 0.25) is 5.69 Å². The number of alkyl halides is 3. The van der Waals surface area contributed by atoms with Gasteiger partial charge in [-0.2, -0.15) is 13.2 Å². The van der Waals surface area contributed by atoms with Crippen molar-refractivity contribution in [1.82, 2.24) is 9.97 Å². The second-order valence-corrected chi connectivity index (χ2v) is 9.15. The van der Waals surface area contributed by atoms with Gasteiger partial charge in [-0.15, -0.1) is 0 Å². The van der Waals surface area contributed by atoms with Crippen molar-refractivity contribution in [2.75, 3.05) is 23.5 Å². The van der Waals surface area contributed by atoms with E-state index in [0.29, 0.717) is 24.2 Å². The molecule has 1 aliphatic carbocycles. The Hall–Kier alpha value is -2.28. The largest absolute Gasteiger partial charge is 0.390 e. The molecule has 0 amide bonds.